The summed E-state index contributed by atoms with van der Waals surface area (Å²) in [6.07, 6.45) is 4.34. The molecule has 3 nitrogen and oxygen atoms in total. The Balaban J connectivity index is 2.02. The molecule has 0 spiro atoms. The van der Waals surface area contributed by atoms with Crippen LogP contribution in [0.5, 0.6) is 0 Å². The molecule has 1 N–H and O–H groups in total. The molecule has 18 heavy (non-hydrogen) atoms. The van der Waals surface area contributed by atoms with E-state index in [1.54, 1.807) is 6.26 Å². The topological polar surface area (TPSA) is 28.4 Å². The van der Waals surface area contributed by atoms with E-state index in [-0.39, 0.29) is 0 Å². The first kappa shape index (κ1) is 13.6. The molecule has 3 heteroatoms. The van der Waals surface area contributed by atoms with E-state index < -0.39 is 0 Å². The van der Waals surface area contributed by atoms with Gasteiger partial charge in [0.25, 0.3) is 0 Å². The molecule has 0 aliphatic carbocycles. The third-order valence-electron chi connectivity index (χ3n) is 3.76. The smallest absolute Gasteiger partial charge is 0.105 e. The SMILES string of the molecule is Cc1occc1CN(CC(C)C)C1CCNCC1. The van der Waals surface area contributed by atoms with Crippen LogP contribution in [0.25, 0.3) is 0 Å². The maximum atomic E-state index is 5.42. The van der Waals surface area contributed by atoms with Crippen molar-refractivity contribution in [1.29, 1.82) is 0 Å². The lowest BCUT2D eigenvalue weighted by atomic mass is 10.0. The maximum absolute atomic E-state index is 5.42. The van der Waals surface area contributed by atoms with Crippen LogP contribution in [0.15, 0.2) is 16.7 Å². The summed E-state index contributed by atoms with van der Waals surface area (Å²) in [5, 5.41) is 3.45. The van der Waals surface area contributed by atoms with E-state index >= 15 is 0 Å². The number of rotatable bonds is 5. The van der Waals surface area contributed by atoms with Crippen LogP contribution in [0.4, 0.5) is 0 Å². The van der Waals surface area contributed by atoms with E-state index in [1.165, 1.54) is 24.9 Å². The van der Waals surface area contributed by atoms with Crippen molar-refractivity contribution in [1.82, 2.24) is 10.2 Å². The Morgan fingerprint density at radius 3 is 2.67 bits per heavy atom. The highest BCUT2D eigenvalue weighted by Crippen LogP contribution is 2.19. The maximum Gasteiger partial charge on any atom is 0.105 e. The van der Waals surface area contributed by atoms with Gasteiger partial charge in [-0.2, -0.15) is 0 Å². The molecular weight excluding hydrogens is 224 g/mol. The summed E-state index contributed by atoms with van der Waals surface area (Å²) in [7, 11) is 0. The predicted molar refractivity (Wildman–Crippen MR) is 74.6 cm³/mol. The van der Waals surface area contributed by atoms with E-state index in [1.807, 2.05) is 0 Å². The highest BCUT2D eigenvalue weighted by atomic mass is 16.3. The summed E-state index contributed by atoms with van der Waals surface area (Å²) in [5.74, 6) is 1.78. The molecule has 0 bridgehead atoms. The van der Waals surface area contributed by atoms with Crippen molar-refractivity contribution in [2.24, 2.45) is 5.92 Å². The van der Waals surface area contributed by atoms with Gasteiger partial charge in [0, 0.05) is 24.7 Å². The minimum absolute atomic E-state index is 0.715. The summed E-state index contributed by atoms with van der Waals surface area (Å²) in [4.78, 5) is 2.64. The molecule has 0 saturated carbocycles. The molecule has 0 unspecified atom stereocenters. The summed E-state index contributed by atoms with van der Waals surface area (Å²) in [6, 6.07) is 2.84. The Bertz CT molecular complexity index is 353. The molecule has 2 heterocycles. The average Bonchev–Trinajstić information content (AvgIpc) is 2.75. The number of aryl methyl sites for hydroxylation is 1. The highest BCUT2D eigenvalue weighted by molar-refractivity contribution is 5.15. The molecule has 2 rings (SSSR count). The normalized spacial score (nSPS) is 17.8. The molecule has 1 aromatic heterocycles. The highest BCUT2D eigenvalue weighted by Gasteiger charge is 2.22. The van der Waals surface area contributed by atoms with Crippen molar-refractivity contribution in [3.63, 3.8) is 0 Å². The van der Waals surface area contributed by atoms with Crippen LogP contribution in [-0.4, -0.2) is 30.6 Å². The van der Waals surface area contributed by atoms with Crippen molar-refractivity contribution >= 4 is 0 Å². The largest absolute Gasteiger partial charge is 0.469 e. The van der Waals surface area contributed by atoms with Gasteiger partial charge in [0.1, 0.15) is 5.76 Å². The summed E-state index contributed by atoms with van der Waals surface area (Å²) in [5.41, 5.74) is 1.34. The minimum Gasteiger partial charge on any atom is -0.469 e. The first-order valence-corrected chi connectivity index (χ1v) is 7.14. The second-order valence-corrected chi connectivity index (χ2v) is 5.81. The van der Waals surface area contributed by atoms with Crippen molar-refractivity contribution in [2.45, 2.75) is 46.2 Å². The minimum atomic E-state index is 0.715. The number of nitrogens with one attached hydrogen (secondary N) is 1. The van der Waals surface area contributed by atoms with Gasteiger partial charge in [0.2, 0.25) is 0 Å². The van der Waals surface area contributed by atoms with Crippen molar-refractivity contribution in [2.75, 3.05) is 19.6 Å². The lowest BCUT2D eigenvalue weighted by Gasteiger charge is -2.35. The zero-order valence-corrected chi connectivity index (χ0v) is 11.9. The van der Waals surface area contributed by atoms with Gasteiger partial charge in [0.05, 0.1) is 6.26 Å². The van der Waals surface area contributed by atoms with Crippen LogP contribution in [0.3, 0.4) is 0 Å². The van der Waals surface area contributed by atoms with Gasteiger partial charge in [0.15, 0.2) is 0 Å². The third kappa shape index (κ3) is 3.59. The molecular formula is C15H26N2O. The van der Waals surface area contributed by atoms with E-state index in [4.69, 9.17) is 4.42 Å². The Hall–Kier alpha value is -0.800. The number of hydrogen-bond acceptors (Lipinski definition) is 3. The van der Waals surface area contributed by atoms with Gasteiger partial charge in [-0.15, -0.1) is 0 Å². The van der Waals surface area contributed by atoms with Crippen LogP contribution < -0.4 is 5.32 Å². The fourth-order valence-corrected chi connectivity index (χ4v) is 2.78. The molecule has 0 amide bonds. The third-order valence-corrected chi connectivity index (χ3v) is 3.76. The molecule has 0 atom stereocenters. The molecule has 102 valence electrons. The van der Waals surface area contributed by atoms with E-state index in [0.717, 1.165) is 31.4 Å². The molecule has 1 aliphatic heterocycles. The van der Waals surface area contributed by atoms with E-state index in [2.05, 4.69) is 37.1 Å². The standard InChI is InChI=1S/C15H26N2O/c1-12(2)10-17(15-4-7-16-8-5-15)11-14-6-9-18-13(14)3/h6,9,12,15-16H,4-5,7-8,10-11H2,1-3H3. The lowest BCUT2D eigenvalue weighted by Crippen LogP contribution is -2.44. The van der Waals surface area contributed by atoms with E-state index in [9.17, 15) is 0 Å². The molecule has 1 aliphatic rings. The molecule has 1 saturated heterocycles. The van der Waals surface area contributed by atoms with E-state index in [0.29, 0.717) is 5.92 Å². The van der Waals surface area contributed by atoms with Crippen LogP contribution in [0.2, 0.25) is 0 Å². The summed E-state index contributed by atoms with van der Waals surface area (Å²) >= 11 is 0. The predicted octanol–water partition coefficient (Wildman–Crippen LogP) is 2.80. The number of nitrogens with zero attached hydrogens (tertiary/aromatic N) is 1. The second-order valence-electron chi connectivity index (χ2n) is 5.81. The first-order chi connectivity index (χ1) is 8.66. The van der Waals surface area contributed by atoms with Gasteiger partial charge >= 0.3 is 0 Å². The van der Waals surface area contributed by atoms with Gasteiger partial charge in [-0.3, -0.25) is 4.90 Å². The summed E-state index contributed by atoms with van der Waals surface area (Å²) < 4.78 is 5.42. The average molecular weight is 250 g/mol. The molecule has 1 aromatic rings. The summed E-state index contributed by atoms with van der Waals surface area (Å²) in [6.45, 7) is 11.2. The van der Waals surface area contributed by atoms with Crippen LogP contribution in [-0.2, 0) is 6.54 Å². The van der Waals surface area contributed by atoms with Gasteiger partial charge < -0.3 is 9.73 Å². The van der Waals surface area contributed by atoms with Crippen molar-refractivity contribution in [3.8, 4) is 0 Å². The number of piperidine rings is 1. The number of hydrogen-bond donors (Lipinski definition) is 1. The molecule has 1 fully saturated rings. The Morgan fingerprint density at radius 1 is 1.39 bits per heavy atom. The van der Waals surface area contributed by atoms with Gasteiger partial charge in [-0.1, -0.05) is 13.8 Å². The zero-order chi connectivity index (χ0) is 13.0. The molecule has 0 radical (unpaired) electrons. The van der Waals surface area contributed by atoms with Crippen LogP contribution in [0, 0.1) is 12.8 Å². The Labute approximate surface area is 111 Å². The van der Waals surface area contributed by atoms with Gasteiger partial charge in [-0.05, 0) is 44.8 Å². The van der Waals surface area contributed by atoms with Gasteiger partial charge in [-0.25, -0.2) is 0 Å². The van der Waals surface area contributed by atoms with Crippen molar-refractivity contribution < 1.29 is 4.42 Å². The first-order valence-electron chi connectivity index (χ1n) is 7.14. The lowest BCUT2D eigenvalue weighted by molar-refractivity contribution is 0.137. The fraction of sp³-hybridized carbons (Fsp3) is 0.733. The van der Waals surface area contributed by atoms with Crippen LogP contribution >= 0.6 is 0 Å². The molecule has 0 aromatic carbocycles. The Morgan fingerprint density at radius 2 is 2.11 bits per heavy atom. The second kappa shape index (κ2) is 6.39. The fourth-order valence-electron chi connectivity index (χ4n) is 2.78. The Kier molecular flexibility index (Phi) is 4.84. The zero-order valence-electron chi connectivity index (χ0n) is 11.9. The number of furan rings is 1. The van der Waals surface area contributed by atoms with Crippen LogP contribution in [0.1, 0.15) is 38.0 Å². The van der Waals surface area contributed by atoms with Crippen molar-refractivity contribution in [3.05, 3.63) is 23.7 Å². The quantitative estimate of drug-likeness (QED) is 0.871. The monoisotopic (exact) mass is 250 g/mol.